The molecular weight excluding hydrogens is 574 g/mol. The smallest absolute Gasteiger partial charge is 0.414 e. The number of aromatic nitrogens is 1. The van der Waals surface area contributed by atoms with Gasteiger partial charge in [0.25, 0.3) is 0 Å². The maximum absolute atomic E-state index is 9.10. The van der Waals surface area contributed by atoms with E-state index in [1.807, 2.05) is 6.08 Å². The van der Waals surface area contributed by atoms with Crippen LogP contribution in [-0.4, -0.2) is 85.9 Å². The summed E-state index contributed by atoms with van der Waals surface area (Å²) >= 11 is 0. The highest BCUT2D eigenvalue weighted by molar-refractivity contribution is 6.27. The van der Waals surface area contributed by atoms with Crippen LogP contribution in [0.1, 0.15) is 36.9 Å². The lowest BCUT2D eigenvalue weighted by molar-refractivity contribution is -0.159. The van der Waals surface area contributed by atoms with Crippen LogP contribution >= 0.6 is 0 Å². The molecule has 0 spiro atoms. The molecule has 13 nitrogen and oxygen atoms in total. The van der Waals surface area contributed by atoms with E-state index in [1.54, 1.807) is 0 Å². The fourth-order valence-corrected chi connectivity index (χ4v) is 4.50. The van der Waals surface area contributed by atoms with E-state index in [1.165, 1.54) is 49.0 Å². The van der Waals surface area contributed by atoms with Gasteiger partial charge in [0.2, 0.25) is 0 Å². The van der Waals surface area contributed by atoms with Gasteiger partial charge in [0.05, 0.1) is 6.61 Å². The number of aliphatic carboxylic acids is 4. The maximum atomic E-state index is 9.10. The Hall–Kier alpha value is -4.72. The first-order chi connectivity index (χ1) is 20.6. The maximum Gasteiger partial charge on any atom is 0.414 e. The molecule has 1 aliphatic heterocycles. The SMILES string of the molecule is C=CCNCc1cc2cc(OCCCC3CCN(Cc4ccccc4)CC3)ccc2[nH]1.O.O=C(O)C(=O)O.O=C(O)C(=O)O. The number of hydrogen-bond donors (Lipinski definition) is 6. The van der Waals surface area contributed by atoms with E-state index in [-0.39, 0.29) is 5.48 Å². The number of H-pyrrole nitrogens is 1. The van der Waals surface area contributed by atoms with E-state index in [4.69, 9.17) is 44.3 Å². The van der Waals surface area contributed by atoms with E-state index < -0.39 is 23.9 Å². The monoisotopic (exact) mass is 615 g/mol. The quantitative estimate of drug-likeness (QED) is 0.105. The van der Waals surface area contributed by atoms with Crippen molar-refractivity contribution in [2.24, 2.45) is 5.92 Å². The molecule has 0 bridgehead atoms. The highest BCUT2D eigenvalue weighted by Crippen LogP contribution is 2.25. The largest absolute Gasteiger partial charge is 0.494 e. The van der Waals surface area contributed by atoms with Crippen LogP contribution in [-0.2, 0) is 32.3 Å². The van der Waals surface area contributed by atoms with Crippen LogP contribution in [0.5, 0.6) is 5.75 Å². The van der Waals surface area contributed by atoms with Gasteiger partial charge < -0.3 is 40.9 Å². The van der Waals surface area contributed by atoms with Crippen LogP contribution in [0.15, 0.2) is 67.3 Å². The lowest BCUT2D eigenvalue weighted by Crippen LogP contribution is -2.33. The number of nitrogens with one attached hydrogen (secondary N) is 2. The normalized spacial score (nSPS) is 12.8. The van der Waals surface area contributed by atoms with Gasteiger partial charge in [0.1, 0.15) is 5.75 Å². The van der Waals surface area contributed by atoms with Crippen LogP contribution in [0.4, 0.5) is 0 Å². The Morgan fingerprint density at radius 3 is 2.11 bits per heavy atom. The van der Waals surface area contributed by atoms with E-state index in [9.17, 15) is 0 Å². The first-order valence-corrected chi connectivity index (χ1v) is 13.8. The summed E-state index contributed by atoms with van der Waals surface area (Å²) in [7, 11) is 0. The number of fused-ring (bicyclic) bond motifs is 1. The lowest BCUT2D eigenvalue weighted by Gasteiger charge is -2.32. The van der Waals surface area contributed by atoms with E-state index in [0.717, 1.165) is 49.8 Å². The van der Waals surface area contributed by atoms with Crippen molar-refractivity contribution < 1.29 is 49.8 Å². The molecule has 240 valence electrons. The van der Waals surface area contributed by atoms with Crippen molar-refractivity contribution in [2.75, 3.05) is 26.2 Å². The molecule has 2 aromatic carbocycles. The Bertz CT molecular complexity index is 1290. The number of likely N-dealkylation sites (tertiary alicyclic amines) is 1. The van der Waals surface area contributed by atoms with Gasteiger partial charge in [-0.1, -0.05) is 36.4 Å². The molecule has 0 aliphatic carbocycles. The van der Waals surface area contributed by atoms with E-state index >= 15 is 0 Å². The minimum Gasteiger partial charge on any atom is -0.494 e. The Kier molecular flexibility index (Phi) is 17.2. The summed E-state index contributed by atoms with van der Waals surface area (Å²) in [6, 6.07) is 19.4. The summed E-state index contributed by atoms with van der Waals surface area (Å²) in [6.45, 7) is 9.70. The molecule has 3 aromatic rings. The van der Waals surface area contributed by atoms with Gasteiger partial charge in [-0.2, -0.15) is 0 Å². The fraction of sp³-hybridized carbons (Fsp3) is 0.355. The summed E-state index contributed by atoms with van der Waals surface area (Å²) in [5.74, 6) is -5.49. The highest BCUT2D eigenvalue weighted by Gasteiger charge is 2.19. The van der Waals surface area contributed by atoms with Crippen LogP contribution < -0.4 is 10.1 Å². The summed E-state index contributed by atoms with van der Waals surface area (Å²) in [4.78, 5) is 42.4. The van der Waals surface area contributed by atoms with Gasteiger partial charge in [0.15, 0.2) is 0 Å². The average Bonchev–Trinajstić information content (AvgIpc) is 3.39. The second-order valence-corrected chi connectivity index (χ2v) is 9.88. The Morgan fingerprint density at radius 2 is 1.55 bits per heavy atom. The number of hydrogen-bond acceptors (Lipinski definition) is 7. The second kappa shape index (κ2) is 20.2. The van der Waals surface area contributed by atoms with Gasteiger partial charge in [-0.15, -0.1) is 6.58 Å². The number of carboxylic acid groups (broad SMARTS) is 4. The first kappa shape index (κ1) is 37.3. The molecule has 44 heavy (non-hydrogen) atoms. The summed E-state index contributed by atoms with van der Waals surface area (Å²) in [6.07, 6.45) is 6.90. The molecule has 0 atom stereocenters. The first-order valence-electron chi connectivity index (χ1n) is 13.8. The number of ether oxygens (including phenoxy) is 1. The topological polar surface area (TPSA) is 221 Å². The van der Waals surface area contributed by atoms with Crippen molar-refractivity contribution in [2.45, 2.75) is 38.8 Å². The third kappa shape index (κ3) is 14.4. The zero-order valence-corrected chi connectivity index (χ0v) is 24.4. The number of piperidine rings is 1. The summed E-state index contributed by atoms with van der Waals surface area (Å²) < 4.78 is 6.06. The van der Waals surface area contributed by atoms with Crippen molar-refractivity contribution in [3.63, 3.8) is 0 Å². The number of benzene rings is 2. The van der Waals surface area contributed by atoms with Crippen LogP contribution in [0.2, 0.25) is 0 Å². The van der Waals surface area contributed by atoms with Crippen molar-refractivity contribution in [1.29, 1.82) is 0 Å². The molecule has 13 heteroatoms. The van der Waals surface area contributed by atoms with Crippen molar-refractivity contribution >= 4 is 34.8 Å². The number of nitrogens with zero attached hydrogens (tertiary/aromatic N) is 1. The summed E-state index contributed by atoms with van der Waals surface area (Å²) in [5, 5.41) is 34.1. The zero-order valence-electron chi connectivity index (χ0n) is 24.4. The van der Waals surface area contributed by atoms with Gasteiger partial charge in [-0.25, -0.2) is 19.2 Å². The molecule has 4 rings (SSSR count). The second-order valence-electron chi connectivity index (χ2n) is 9.88. The van der Waals surface area contributed by atoms with E-state index in [2.05, 4.69) is 76.4 Å². The number of carboxylic acids is 4. The number of rotatable bonds is 11. The Balaban J connectivity index is 0.000000633. The third-order valence-corrected chi connectivity index (χ3v) is 6.60. The Morgan fingerprint density at radius 1 is 0.932 bits per heavy atom. The predicted molar refractivity (Wildman–Crippen MR) is 164 cm³/mol. The van der Waals surface area contributed by atoms with Crippen LogP contribution in [0.25, 0.3) is 10.9 Å². The van der Waals surface area contributed by atoms with E-state index in [0.29, 0.717) is 0 Å². The number of aromatic amines is 1. The molecule has 1 saturated heterocycles. The standard InChI is InChI=1S/C27H35N3O.2C2H2O4.H2O/c1-2-14-28-20-25-18-24-19-26(10-11-27(24)29-25)31-17-6-9-22-12-15-30(16-13-22)21-23-7-4-3-5-8-23;2*3-1(4)2(5)6;/h2-5,7-8,10-11,18-19,22,28-29H,1,6,9,12-17,20-21H2;2*(H,3,4)(H,5,6);1H2. The highest BCUT2D eigenvalue weighted by atomic mass is 16.5. The molecule has 1 aromatic heterocycles. The molecule has 0 saturated carbocycles. The molecule has 8 N–H and O–H groups in total. The lowest BCUT2D eigenvalue weighted by atomic mass is 9.92. The third-order valence-electron chi connectivity index (χ3n) is 6.60. The molecule has 0 unspecified atom stereocenters. The van der Waals surface area contributed by atoms with Gasteiger partial charge in [0, 0.05) is 36.2 Å². The molecule has 2 heterocycles. The van der Waals surface area contributed by atoms with Crippen LogP contribution in [0.3, 0.4) is 0 Å². The summed E-state index contributed by atoms with van der Waals surface area (Å²) in [5.41, 5.74) is 3.77. The van der Waals surface area contributed by atoms with Gasteiger partial charge in [-0.3, -0.25) is 4.90 Å². The Labute approximate surface area is 255 Å². The minimum atomic E-state index is -1.82. The van der Waals surface area contributed by atoms with Gasteiger partial charge in [-0.05, 0) is 74.5 Å². The predicted octanol–water partition coefficient (Wildman–Crippen LogP) is 3.00. The molecule has 0 radical (unpaired) electrons. The average molecular weight is 616 g/mol. The van der Waals surface area contributed by atoms with Crippen molar-refractivity contribution in [3.8, 4) is 5.75 Å². The minimum absolute atomic E-state index is 0. The fourth-order valence-electron chi connectivity index (χ4n) is 4.50. The van der Waals surface area contributed by atoms with Crippen molar-refractivity contribution in [3.05, 3.63) is 78.5 Å². The van der Waals surface area contributed by atoms with Crippen molar-refractivity contribution in [1.82, 2.24) is 15.2 Å². The molecule has 1 aliphatic rings. The van der Waals surface area contributed by atoms with Crippen LogP contribution in [0, 0.1) is 5.92 Å². The molecule has 1 fully saturated rings. The molecule has 0 amide bonds. The van der Waals surface area contributed by atoms with Gasteiger partial charge >= 0.3 is 23.9 Å². The number of carbonyl (C=O) groups is 4. The molecular formula is C31H41N3O10. The zero-order chi connectivity index (χ0) is 31.6.